The van der Waals surface area contributed by atoms with Crippen molar-refractivity contribution >= 4 is 39.2 Å². The van der Waals surface area contributed by atoms with Crippen LogP contribution in [0.3, 0.4) is 0 Å². The number of hydrogen-bond acceptors (Lipinski definition) is 5. The summed E-state index contributed by atoms with van der Waals surface area (Å²) in [5.74, 6) is -0.367. The third-order valence-electron chi connectivity index (χ3n) is 4.32. The van der Waals surface area contributed by atoms with Gasteiger partial charge in [0.2, 0.25) is 5.91 Å². The zero-order valence-corrected chi connectivity index (χ0v) is 16.7. The van der Waals surface area contributed by atoms with Crippen molar-refractivity contribution in [1.29, 1.82) is 0 Å². The van der Waals surface area contributed by atoms with Crippen LogP contribution in [0.5, 0.6) is 0 Å². The zero-order valence-electron chi connectivity index (χ0n) is 15.0. The molecule has 0 unspecified atom stereocenters. The van der Waals surface area contributed by atoms with E-state index < -0.39 is 0 Å². The van der Waals surface area contributed by atoms with Gasteiger partial charge in [-0.1, -0.05) is 23.9 Å². The van der Waals surface area contributed by atoms with E-state index in [1.54, 1.807) is 29.8 Å². The highest BCUT2D eigenvalue weighted by atomic mass is 32.2. The van der Waals surface area contributed by atoms with Gasteiger partial charge in [0, 0.05) is 10.3 Å². The molecule has 136 valence electrons. The second-order valence-electron chi connectivity index (χ2n) is 6.18. The summed E-state index contributed by atoms with van der Waals surface area (Å²) < 4.78 is 13.0. The highest BCUT2D eigenvalue weighted by Crippen LogP contribution is 2.36. The first-order valence-electron chi connectivity index (χ1n) is 8.30. The molecule has 2 atom stereocenters. The minimum atomic E-state index is -0.310. The average Bonchev–Trinajstić information content (AvgIpc) is 2.90. The van der Waals surface area contributed by atoms with Crippen LogP contribution in [-0.4, -0.2) is 21.1 Å². The van der Waals surface area contributed by atoms with Crippen molar-refractivity contribution in [2.45, 2.75) is 44.0 Å². The maximum atomic E-state index is 13.0. The molecule has 0 fully saturated rings. The molecule has 2 aromatic heterocycles. The predicted molar refractivity (Wildman–Crippen MR) is 105 cm³/mol. The van der Waals surface area contributed by atoms with Crippen molar-refractivity contribution in [3.8, 4) is 0 Å². The monoisotopic (exact) mass is 389 g/mol. The Bertz CT molecular complexity index is 940. The van der Waals surface area contributed by atoms with Crippen LogP contribution in [-0.2, 0) is 4.79 Å². The van der Waals surface area contributed by atoms with Crippen LogP contribution in [0.25, 0.3) is 10.2 Å². The summed E-state index contributed by atoms with van der Waals surface area (Å²) in [6, 6.07) is 5.97. The summed E-state index contributed by atoms with van der Waals surface area (Å²) in [6.45, 7) is 7.87. The van der Waals surface area contributed by atoms with Crippen molar-refractivity contribution in [1.82, 2.24) is 15.3 Å². The molecule has 0 bridgehead atoms. The van der Waals surface area contributed by atoms with Crippen molar-refractivity contribution in [2.24, 2.45) is 0 Å². The third-order valence-corrected chi connectivity index (χ3v) is 6.53. The lowest BCUT2D eigenvalue weighted by molar-refractivity contribution is -0.120. The lowest BCUT2D eigenvalue weighted by Crippen LogP contribution is -2.33. The number of fused-ring (bicyclic) bond motifs is 1. The van der Waals surface area contributed by atoms with Crippen molar-refractivity contribution in [2.75, 3.05) is 0 Å². The summed E-state index contributed by atoms with van der Waals surface area (Å²) in [6.07, 6.45) is 1.55. The molecule has 0 saturated heterocycles. The van der Waals surface area contributed by atoms with Crippen LogP contribution in [0, 0.1) is 19.7 Å². The summed E-state index contributed by atoms with van der Waals surface area (Å²) in [7, 11) is 0. The van der Waals surface area contributed by atoms with E-state index in [0.29, 0.717) is 0 Å². The van der Waals surface area contributed by atoms with Gasteiger partial charge in [-0.3, -0.25) is 4.79 Å². The number of nitrogens with one attached hydrogen (secondary N) is 1. The normalized spacial score (nSPS) is 13.6. The van der Waals surface area contributed by atoms with Gasteiger partial charge in [0.1, 0.15) is 22.0 Å². The highest BCUT2D eigenvalue weighted by Gasteiger charge is 2.21. The molecule has 0 aliphatic heterocycles. The summed E-state index contributed by atoms with van der Waals surface area (Å²) >= 11 is 3.07. The van der Waals surface area contributed by atoms with Gasteiger partial charge >= 0.3 is 0 Å². The number of aryl methyl sites for hydroxylation is 2. The van der Waals surface area contributed by atoms with Crippen LogP contribution in [0.1, 0.15) is 35.9 Å². The molecule has 1 aromatic carbocycles. The number of nitrogens with zero attached hydrogens (tertiary/aromatic N) is 2. The fourth-order valence-electron chi connectivity index (χ4n) is 2.63. The molecule has 0 aliphatic carbocycles. The van der Waals surface area contributed by atoms with Gasteiger partial charge in [0.15, 0.2) is 0 Å². The van der Waals surface area contributed by atoms with Crippen LogP contribution < -0.4 is 5.32 Å². The maximum Gasteiger partial charge on any atom is 0.233 e. The van der Waals surface area contributed by atoms with Crippen LogP contribution >= 0.6 is 23.1 Å². The van der Waals surface area contributed by atoms with Gasteiger partial charge in [0.25, 0.3) is 0 Å². The van der Waals surface area contributed by atoms with Crippen molar-refractivity contribution < 1.29 is 9.18 Å². The van der Waals surface area contributed by atoms with E-state index in [-0.39, 0.29) is 23.0 Å². The fraction of sp³-hybridized carbons (Fsp3) is 0.316. The third kappa shape index (κ3) is 3.88. The number of benzene rings is 1. The number of halogens is 1. The highest BCUT2D eigenvalue weighted by molar-refractivity contribution is 8.00. The van der Waals surface area contributed by atoms with Gasteiger partial charge in [0.05, 0.1) is 11.3 Å². The Kier molecular flexibility index (Phi) is 5.58. The fourth-order valence-corrected chi connectivity index (χ4v) is 4.67. The van der Waals surface area contributed by atoms with Gasteiger partial charge in [-0.05, 0) is 51.0 Å². The van der Waals surface area contributed by atoms with Gasteiger partial charge in [-0.25, -0.2) is 14.4 Å². The molecular weight excluding hydrogens is 369 g/mol. The predicted octanol–water partition coefficient (Wildman–Crippen LogP) is 4.81. The lowest BCUT2D eigenvalue weighted by atomic mass is 10.1. The molecule has 4 nitrogen and oxygen atoms in total. The van der Waals surface area contributed by atoms with E-state index in [4.69, 9.17) is 0 Å². The molecule has 3 aromatic rings. The van der Waals surface area contributed by atoms with Crippen molar-refractivity contribution in [3.05, 3.63) is 52.4 Å². The Morgan fingerprint density at radius 1 is 1.19 bits per heavy atom. The van der Waals surface area contributed by atoms with Crippen LogP contribution in [0.4, 0.5) is 4.39 Å². The molecule has 26 heavy (non-hydrogen) atoms. The van der Waals surface area contributed by atoms with E-state index in [1.165, 1.54) is 34.3 Å². The van der Waals surface area contributed by atoms with E-state index in [0.717, 1.165) is 20.8 Å². The number of amides is 1. The standard InChI is InChI=1S/C19H20FN3OS2/c1-10-12(3)25-18-16(10)19(22-9-21-18)26-13(4)17(24)23-11(2)14-5-7-15(20)8-6-14/h5-9,11,13H,1-4H3,(H,23,24)/t11-,13-/m0/s1. The SMILES string of the molecule is Cc1sc2ncnc(S[C@@H](C)C(=O)N[C@@H](C)c3ccc(F)cc3)c2c1C. The Labute approximate surface area is 160 Å². The first-order chi connectivity index (χ1) is 12.4. The number of carbonyl (C=O) groups excluding carboxylic acids is 1. The second-order valence-corrected chi connectivity index (χ2v) is 8.72. The number of thioether (sulfide) groups is 1. The number of carbonyl (C=O) groups is 1. The molecule has 0 aliphatic rings. The minimum Gasteiger partial charge on any atom is -0.349 e. The van der Waals surface area contributed by atoms with Crippen molar-refractivity contribution in [3.63, 3.8) is 0 Å². The molecule has 7 heteroatoms. The molecule has 1 amide bonds. The molecule has 0 spiro atoms. The smallest absolute Gasteiger partial charge is 0.233 e. The largest absolute Gasteiger partial charge is 0.349 e. The van der Waals surface area contributed by atoms with E-state index >= 15 is 0 Å². The molecule has 0 radical (unpaired) electrons. The molecular formula is C19H20FN3OS2. The minimum absolute atomic E-state index is 0.0804. The number of rotatable bonds is 5. The topological polar surface area (TPSA) is 54.9 Å². The Hall–Kier alpha value is -1.99. The first-order valence-corrected chi connectivity index (χ1v) is 9.99. The number of aromatic nitrogens is 2. The summed E-state index contributed by atoms with van der Waals surface area (Å²) in [5, 5.41) is 4.53. The quantitative estimate of drug-likeness (QED) is 0.503. The van der Waals surface area contributed by atoms with Crippen LogP contribution in [0.15, 0.2) is 35.6 Å². The molecule has 0 saturated carbocycles. The van der Waals surface area contributed by atoms with E-state index in [1.807, 2.05) is 13.8 Å². The lowest BCUT2D eigenvalue weighted by Gasteiger charge is -2.18. The molecule has 3 rings (SSSR count). The molecule has 2 heterocycles. The van der Waals surface area contributed by atoms with Crippen LogP contribution in [0.2, 0.25) is 0 Å². The van der Waals surface area contributed by atoms with Gasteiger partial charge in [-0.2, -0.15) is 0 Å². The van der Waals surface area contributed by atoms with Gasteiger partial charge in [-0.15, -0.1) is 11.3 Å². The summed E-state index contributed by atoms with van der Waals surface area (Å²) in [5.41, 5.74) is 2.03. The zero-order chi connectivity index (χ0) is 18.8. The summed E-state index contributed by atoms with van der Waals surface area (Å²) in [4.78, 5) is 23.5. The number of hydrogen-bond donors (Lipinski definition) is 1. The Morgan fingerprint density at radius 2 is 1.88 bits per heavy atom. The second kappa shape index (κ2) is 7.72. The van der Waals surface area contributed by atoms with Gasteiger partial charge < -0.3 is 5.32 Å². The Morgan fingerprint density at radius 3 is 2.58 bits per heavy atom. The number of thiophene rings is 1. The van der Waals surface area contributed by atoms with E-state index in [9.17, 15) is 9.18 Å². The maximum absolute atomic E-state index is 13.0. The molecule has 1 N–H and O–H groups in total. The average molecular weight is 390 g/mol. The van der Waals surface area contributed by atoms with E-state index in [2.05, 4.69) is 29.1 Å². The first kappa shape index (κ1) is 18.8. The Balaban J connectivity index is 1.72.